The number of nitrogens with zero attached hydrogens (tertiary/aromatic N) is 1. The molecule has 1 heterocycles. The van der Waals surface area contributed by atoms with Crippen molar-refractivity contribution in [2.24, 2.45) is 0 Å². The van der Waals surface area contributed by atoms with E-state index in [9.17, 15) is 14.7 Å². The van der Waals surface area contributed by atoms with E-state index in [2.05, 4.69) is 0 Å². The van der Waals surface area contributed by atoms with Crippen LogP contribution in [0, 0.1) is 0 Å². The van der Waals surface area contributed by atoms with Crippen LogP contribution in [-0.2, 0) is 14.3 Å². The molecule has 8 heteroatoms. The van der Waals surface area contributed by atoms with Crippen molar-refractivity contribution in [1.82, 2.24) is 4.90 Å². The van der Waals surface area contributed by atoms with Gasteiger partial charge in [0.1, 0.15) is 23.1 Å². The third-order valence-electron chi connectivity index (χ3n) is 4.81. The van der Waals surface area contributed by atoms with E-state index in [-0.39, 0.29) is 0 Å². The molecule has 3 rings (SSSR count). The van der Waals surface area contributed by atoms with Gasteiger partial charge in [0.2, 0.25) is 0 Å². The Labute approximate surface area is 181 Å². The van der Waals surface area contributed by atoms with Crippen LogP contribution in [0.2, 0.25) is 0 Å². The highest BCUT2D eigenvalue weighted by Gasteiger charge is 2.51. The monoisotopic (exact) mass is 429 g/mol. The number of methoxy groups -OCH3 is 2. The number of carboxylic acids is 1. The molecule has 0 spiro atoms. The molecule has 8 nitrogen and oxygen atoms in total. The lowest BCUT2D eigenvalue weighted by molar-refractivity contribution is -0.150. The molecule has 1 aliphatic rings. The average Bonchev–Trinajstić information content (AvgIpc) is 3.13. The van der Waals surface area contributed by atoms with Crippen LogP contribution < -0.4 is 9.47 Å². The molecule has 1 aliphatic heterocycles. The van der Waals surface area contributed by atoms with Gasteiger partial charge in [-0.3, -0.25) is 4.90 Å². The third-order valence-corrected chi connectivity index (χ3v) is 4.81. The molecule has 3 atom stereocenters. The Bertz CT molecular complexity index is 939. The SMILES string of the molecule is COc1ccc(C2OC(C(=O)O)C(c3ccccc3)N2C(=O)OC(C)(C)C)c(OC)c1. The number of benzene rings is 2. The molecule has 0 aromatic heterocycles. The van der Waals surface area contributed by atoms with Crippen LogP contribution in [0.15, 0.2) is 48.5 Å². The predicted molar refractivity (Wildman–Crippen MR) is 112 cm³/mol. The minimum absolute atomic E-state index is 0.399. The number of hydrogen-bond acceptors (Lipinski definition) is 6. The molecule has 3 unspecified atom stereocenters. The maximum absolute atomic E-state index is 13.3. The number of carbonyl (C=O) groups excluding carboxylic acids is 1. The summed E-state index contributed by atoms with van der Waals surface area (Å²) in [5.41, 5.74) is 0.323. The fourth-order valence-electron chi connectivity index (χ4n) is 3.52. The van der Waals surface area contributed by atoms with Crippen molar-refractivity contribution in [2.45, 2.75) is 44.7 Å². The molecule has 1 saturated heterocycles. The van der Waals surface area contributed by atoms with Crippen LogP contribution in [-0.4, -0.2) is 48.0 Å². The molecule has 31 heavy (non-hydrogen) atoms. The first-order valence-electron chi connectivity index (χ1n) is 9.82. The summed E-state index contributed by atoms with van der Waals surface area (Å²) >= 11 is 0. The van der Waals surface area contributed by atoms with Crippen LogP contribution in [0.1, 0.15) is 44.2 Å². The lowest BCUT2D eigenvalue weighted by Gasteiger charge is -2.32. The molecule has 0 saturated carbocycles. The van der Waals surface area contributed by atoms with Gasteiger partial charge in [-0.15, -0.1) is 0 Å². The zero-order valence-corrected chi connectivity index (χ0v) is 18.2. The summed E-state index contributed by atoms with van der Waals surface area (Å²) in [5.74, 6) is -0.232. The number of aliphatic carboxylic acids is 1. The Morgan fingerprint density at radius 3 is 2.26 bits per heavy atom. The summed E-state index contributed by atoms with van der Waals surface area (Å²) in [4.78, 5) is 26.7. The van der Waals surface area contributed by atoms with Gasteiger partial charge in [0.25, 0.3) is 0 Å². The quantitative estimate of drug-likeness (QED) is 0.762. The summed E-state index contributed by atoms with van der Waals surface area (Å²) in [6, 6.07) is 13.0. The number of rotatable bonds is 5. The largest absolute Gasteiger partial charge is 0.497 e. The van der Waals surface area contributed by atoms with E-state index in [4.69, 9.17) is 18.9 Å². The lowest BCUT2D eigenvalue weighted by atomic mass is 10.0. The minimum atomic E-state index is -1.30. The minimum Gasteiger partial charge on any atom is -0.497 e. The second-order valence-electron chi connectivity index (χ2n) is 8.10. The van der Waals surface area contributed by atoms with Gasteiger partial charge in [0.05, 0.1) is 14.2 Å². The molecule has 2 aromatic rings. The van der Waals surface area contributed by atoms with E-state index >= 15 is 0 Å². The van der Waals surface area contributed by atoms with Gasteiger partial charge in [-0.25, -0.2) is 9.59 Å². The van der Waals surface area contributed by atoms with Crippen molar-refractivity contribution in [3.8, 4) is 11.5 Å². The Morgan fingerprint density at radius 1 is 1.03 bits per heavy atom. The maximum Gasteiger partial charge on any atom is 0.413 e. The van der Waals surface area contributed by atoms with Gasteiger partial charge in [-0.1, -0.05) is 30.3 Å². The van der Waals surface area contributed by atoms with Crippen molar-refractivity contribution >= 4 is 12.1 Å². The second-order valence-corrected chi connectivity index (χ2v) is 8.10. The van der Waals surface area contributed by atoms with E-state index in [1.807, 2.05) is 6.07 Å². The van der Waals surface area contributed by atoms with Gasteiger partial charge in [0, 0.05) is 11.6 Å². The van der Waals surface area contributed by atoms with Crippen molar-refractivity contribution in [3.63, 3.8) is 0 Å². The van der Waals surface area contributed by atoms with E-state index < -0.39 is 36.0 Å². The van der Waals surface area contributed by atoms with Crippen molar-refractivity contribution in [3.05, 3.63) is 59.7 Å². The first kappa shape index (κ1) is 22.4. The Kier molecular flexibility index (Phi) is 6.40. The highest BCUT2D eigenvalue weighted by atomic mass is 16.6. The molecule has 0 radical (unpaired) electrons. The maximum atomic E-state index is 13.3. The second kappa shape index (κ2) is 8.85. The first-order valence-corrected chi connectivity index (χ1v) is 9.82. The average molecular weight is 429 g/mol. The summed E-state index contributed by atoms with van der Waals surface area (Å²) in [5, 5.41) is 9.90. The topological polar surface area (TPSA) is 94.5 Å². The zero-order chi connectivity index (χ0) is 22.8. The molecule has 0 bridgehead atoms. The van der Waals surface area contributed by atoms with Crippen LogP contribution in [0.25, 0.3) is 0 Å². The highest BCUT2D eigenvalue weighted by Crippen LogP contribution is 2.46. The summed E-state index contributed by atoms with van der Waals surface area (Å²) in [7, 11) is 3.01. The molecule has 166 valence electrons. The van der Waals surface area contributed by atoms with Crippen molar-refractivity contribution in [1.29, 1.82) is 0 Å². The molecule has 1 fully saturated rings. The Balaban J connectivity index is 2.15. The summed E-state index contributed by atoms with van der Waals surface area (Å²) in [6.07, 6.45) is -3.03. The van der Waals surface area contributed by atoms with Crippen LogP contribution >= 0.6 is 0 Å². The molecule has 1 amide bonds. The van der Waals surface area contributed by atoms with E-state index in [1.165, 1.54) is 19.1 Å². The highest BCUT2D eigenvalue weighted by molar-refractivity contribution is 5.78. The number of amides is 1. The standard InChI is InChI=1S/C23H27NO7/c1-23(2,3)31-22(27)24-18(14-9-7-6-8-10-14)19(21(25)26)30-20(24)16-12-11-15(28-4)13-17(16)29-5/h6-13,18-20H,1-5H3,(H,25,26). The number of carboxylic acid groups (broad SMARTS) is 1. The Hall–Kier alpha value is -3.26. The van der Waals surface area contributed by atoms with Crippen LogP contribution in [0.4, 0.5) is 4.79 Å². The van der Waals surface area contributed by atoms with Gasteiger partial charge in [-0.05, 0) is 38.5 Å². The van der Waals surface area contributed by atoms with Gasteiger partial charge in [-0.2, -0.15) is 0 Å². The predicted octanol–water partition coefficient (Wildman–Crippen LogP) is 4.16. The molecule has 1 N–H and O–H groups in total. The van der Waals surface area contributed by atoms with Gasteiger partial charge < -0.3 is 24.1 Å². The molecular weight excluding hydrogens is 402 g/mol. The van der Waals surface area contributed by atoms with Crippen molar-refractivity contribution in [2.75, 3.05) is 14.2 Å². The zero-order valence-electron chi connectivity index (χ0n) is 18.2. The first-order chi connectivity index (χ1) is 14.7. The summed E-state index contributed by atoms with van der Waals surface area (Å²) < 4.78 is 22.3. The van der Waals surface area contributed by atoms with E-state index in [0.717, 1.165) is 0 Å². The third kappa shape index (κ3) is 4.74. The molecule has 2 aromatic carbocycles. The lowest BCUT2D eigenvalue weighted by Crippen LogP contribution is -2.40. The smallest absolute Gasteiger partial charge is 0.413 e. The fraction of sp³-hybridized carbons (Fsp3) is 0.391. The van der Waals surface area contributed by atoms with E-state index in [1.54, 1.807) is 63.2 Å². The normalized spacial score (nSPS) is 20.9. The summed E-state index contributed by atoms with van der Waals surface area (Å²) in [6.45, 7) is 5.24. The van der Waals surface area contributed by atoms with Crippen LogP contribution in [0.5, 0.6) is 11.5 Å². The number of hydrogen-bond donors (Lipinski definition) is 1. The van der Waals surface area contributed by atoms with Crippen LogP contribution in [0.3, 0.4) is 0 Å². The molecule has 0 aliphatic carbocycles. The van der Waals surface area contributed by atoms with Gasteiger partial charge in [0.15, 0.2) is 12.3 Å². The van der Waals surface area contributed by atoms with E-state index in [0.29, 0.717) is 22.6 Å². The number of carbonyl (C=O) groups is 2. The molecular formula is C23H27NO7. The van der Waals surface area contributed by atoms with Gasteiger partial charge >= 0.3 is 12.1 Å². The van der Waals surface area contributed by atoms with Crippen molar-refractivity contribution < 1.29 is 33.6 Å². The Morgan fingerprint density at radius 2 is 1.71 bits per heavy atom. The fourth-order valence-corrected chi connectivity index (χ4v) is 3.52. The number of ether oxygens (including phenoxy) is 4.